The monoisotopic (exact) mass is 461 g/mol. The summed E-state index contributed by atoms with van der Waals surface area (Å²) in [5, 5.41) is 14.6. The van der Waals surface area contributed by atoms with E-state index in [0.717, 1.165) is 41.4 Å². The van der Waals surface area contributed by atoms with Crippen LogP contribution in [0.2, 0.25) is 0 Å². The highest BCUT2D eigenvalue weighted by atomic mass is 16.1. The Labute approximate surface area is 201 Å². The second-order valence-corrected chi connectivity index (χ2v) is 9.53. The Morgan fingerprint density at radius 3 is 2.59 bits per heavy atom. The molecule has 8 nitrogen and oxygen atoms in total. The van der Waals surface area contributed by atoms with Crippen molar-refractivity contribution in [1.29, 1.82) is 0 Å². The molecule has 3 aromatic rings. The number of carbonyl (C=O) groups excluding carboxylic acids is 1. The van der Waals surface area contributed by atoms with E-state index in [4.69, 9.17) is 4.98 Å². The number of nitrogens with one attached hydrogen (secondary N) is 3. The van der Waals surface area contributed by atoms with Gasteiger partial charge in [0.05, 0.1) is 6.20 Å². The van der Waals surface area contributed by atoms with Crippen molar-refractivity contribution in [2.75, 3.05) is 30.0 Å². The lowest BCUT2D eigenvalue weighted by atomic mass is 9.90. The molecular weight excluding hydrogens is 426 g/mol. The summed E-state index contributed by atoms with van der Waals surface area (Å²) in [6.07, 6.45) is 7.77. The number of benzene rings is 1. The molecule has 1 amide bonds. The quantitative estimate of drug-likeness (QED) is 0.409. The molecule has 1 aromatic carbocycles. The molecule has 1 saturated carbocycles. The van der Waals surface area contributed by atoms with Crippen molar-refractivity contribution in [2.45, 2.75) is 57.5 Å². The SMILES string of the molecule is C=CC(=O)Nc1cccc(Nc2cc(N[C@H]3CC[C@H](N(C)C)CC3)nc3c(C(C)C)cnn23)c1. The molecule has 0 radical (unpaired) electrons. The van der Waals surface area contributed by atoms with Gasteiger partial charge in [-0.25, -0.2) is 4.98 Å². The van der Waals surface area contributed by atoms with Gasteiger partial charge in [0.2, 0.25) is 5.91 Å². The summed E-state index contributed by atoms with van der Waals surface area (Å²) in [6, 6.07) is 10.6. The summed E-state index contributed by atoms with van der Waals surface area (Å²) in [6.45, 7) is 7.82. The van der Waals surface area contributed by atoms with Gasteiger partial charge < -0.3 is 20.9 Å². The first-order valence-electron chi connectivity index (χ1n) is 12.0. The summed E-state index contributed by atoms with van der Waals surface area (Å²) in [5.41, 5.74) is 3.49. The lowest BCUT2D eigenvalue weighted by Crippen LogP contribution is -2.36. The lowest BCUT2D eigenvalue weighted by molar-refractivity contribution is -0.111. The van der Waals surface area contributed by atoms with E-state index in [-0.39, 0.29) is 5.91 Å². The third-order valence-corrected chi connectivity index (χ3v) is 6.49. The smallest absolute Gasteiger partial charge is 0.247 e. The van der Waals surface area contributed by atoms with Crippen LogP contribution in [0, 0.1) is 0 Å². The van der Waals surface area contributed by atoms with Crippen LogP contribution in [-0.4, -0.2) is 51.6 Å². The van der Waals surface area contributed by atoms with Gasteiger partial charge in [-0.15, -0.1) is 0 Å². The number of rotatable bonds is 8. The molecule has 1 aliphatic rings. The Morgan fingerprint density at radius 1 is 1.18 bits per heavy atom. The normalized spacial score (nSPS) is 18.3. The van der Waals surface area contributed by atoms with Crippen molar-refractivity contribution >= 4 is 34.6 Å². The molecule has 0 aliphatic heterocycles. The van der Waals surface area contributed by atoms with Crippen LogP contribution in [-0.2, 0) is 4.79 Å². The highest BCUT2D eigenvalue weighted by Gasteiger charge is 2.23. The van der Waals surface area contributed by atoms with Gasteiger partial charge in [0, 0.05) is 35.1 Å². The van der Waals surface area contributed by atoms with Gasteiger partial charge in [0.15, 0.2) is 5.65 Å². The van der Waals surface area contributed by atoms with Crippen molar-refractivity contribution in [3.63, 3.8) is 0 Å². The average molecular weight is 462 g/mol. The summed E-state index contributed by atoms with van der Waals surface area (Å²) in [7, 11) is 4.33. The van der Waals surface area contributed by atoms with E-state index in [1.807, 2.05) is 41.0 Å². The zero-order valence-corrected chi connectivity index (χ0v) is 20.5. The van der Waals surface area contributed by atoms with Crippen LogP contribution >= 0.6 is 0 Å². The number of carbonyl (C=O) groups is 1. The van der Waals surface area contributed by atoms with E-state index in [9.17, 15) is 4.79 Å². The van der Waals surface area contributed by atoms with Crippen molar-refractivity contribution in [2.24, 2.45) is 0 Å². The Morgan fingerprint density at radius 2 is 1.91 bits per heavy atom. The van der Waals surface area contributed by atoms with Crippen molar-refractivity contribution < 1.29 is 4.79 Å². The summed E-state index contributed by atoms with van der Waals surface area (Å²) in [4.78, 5) is 19.0. The first kappa shape index (κ1) is 23.8. The molecule has 0 atom stereocenters. The summed E-state index contributed by atoms with van der Waals surface area (Å²) >= 11 is 0. The number of aromatic nitrogens is 3. The minimum absolute atomic E-state index is 0.243. The molecule has 4 rings (SSSR count). The van der Waals surface area contributed by atoms with Crippen LogP contribution in [0.1, 0.15) is 51.0 Å². The van der Waals surface area contributed by atoms with Crippen LogP contribution in [0.5, 0.6) is 0 Å². The molecule has 0 bridgehead atoms. The number of amides is 1. The fraction of sp³-hybridized carbons (Fsp3) is 0.423. The van der Waals surface area contributed by atoms with E-state index < -0.39 is 0 Å². The molecule has 180 valence electrons. The van der Waals surface area contributed by atoms with Gasteiger partial charge in [0.1, 0.15) is 11.6 Å². The minimum Gasteiger partial charge on any atom is -0.367 e. The van der Waals surface area contributed by atoms with Crippen LogP contribution < -0.4 is 16.0 Å². The van der Waals surface area contributed by atoms with Crippen LogP contribution in [0.15, 0.2) is 49.2 Å². The molecule has 8 heteroatoms. The fourth-order valence-corrected chi connectivity index (χ4v) is 4.51. The fourth-order valence-electron chi connectivity index (χ4n) is 4.51. The number of hydrogen-bond acceptors (Lipinski definition) is 6. The van der Waals surface area contributed by atoms with Crippen LogP contribution in [0.4, 0.5) is 23.0 Å². The maximum Gasteiger partial charge on any atom is 0.247 e. The van der Waals surface area contributed by atoms with Gasteiger partial charge >= 0.3 is 0 Å². The summed E-state index contributed by atoms with van der Waals surface area (Å²) < 4.78 is 1.85. The zero-order valence-electron chi connectivity index (χ0n) is 20.5. The molecular formula is C26H35N7O. The third kappa shape index (κ3) is 5.39. The standard InChI is InChI=1S/C26H35N7O/c1-6-25(34)30-20-9-7-8-19(14-20)29-24-15-23(28-18-10-12-21(13-11-18)32(4)5)31-26-22(17(2)3)16-27-33(24)26/h6-9,14-18,21,29H,1,10-13H2,2-5H3,(H,28,31)(H,30,34)/t18-,21-. The molecule has 3 N–H and O–H groups in total. The highest BCUT2D eigenvalue weighted by Crippen LogP contribution is 2.29. The lowest BCUT2D eigenvalue weighted by Gasteiger charge is -2.33. The first-order chi connectivity index (χ1) is 16.3. The predicted octanol–water partition coefficient (Wildman–Crippen LogP) is 5.01. The van der Waals surface area contributed by atoms with E-state index >= 15 is 0 Å². The molecule has 0 saturated heterocycles. The van der Waals surface area contributed by atoms with Crippen molar-refractivity contribution in [3.05, 3.63) is 54.7 Å². The summed E-state index contributed by atoms with van der Waals surface area (Å²) in [5.74, 6) is 1.73. The van der Waals surface area contributed by atoms with Crippen molar-refractivity contribution in [3.8, 4) is 0 Å². The van der Waals surface area contributed by atoms with Crippen LogP contribution in [0.25, 0.3) is 5.65 Å². The maximum absolute atomic E-state index is 11.7. The molecule has 0 unspecified atom stereocenters. The maximum atomic E-state index is 11.7. The van der Waals surface area contributed by atoms with E-state index in [2.05, 4.69) is 60.5 Å². The number of nitrogens with zero attached hydrogens (tertiary/aromatic N) is 4. The van der Waals surface area contributed by atoms with E-state index in [1.54, 1.807) is 0 Å². The largest absolute Gasteiger partial charge is 0.367 e. The van der Waals surface area contributed by atoms with Gasteiger partial charge in [-0.1, -0.05) is 26.5 Å². The minimum atomic E-state index is -0.243. The second kappa shape index (κ2) is 10.3. The second-order valence-electron chi connectivity index (χ2n) is 9.53. The Bertz CT molecular complexity index is 1160. The van der Waals surface area contributed by atoms with Crippen LogP contribution in [0.3, 0.4) is 0 Å². The van der Waals surface area contributed by atoms with Gasteiger partial charge in [-0.05, 0) is 70.0 Å². The topological polar surface area (TPSA) is 86.6 Å². The van der Waals surface area contributed by atoms with E-state index in [1.165, 1.54) is 18.9 Å². The number of fused-ring (bicyclic) bond motifs is 1. The molecule has 1 aliphatic carbocycles. The number of hydrogen-bond donors (Lipinski definition) is 3. The Hall–Kier alpha value is -3.39. The molecule has 1 fully saturated rings. The highest BCUT2D eigenvalue weighted by molar-refractivity contribution is 5.99. The molecule has 0 spiro atoms. The number of anilines is 4. The van der Waals surface area contributed by atoms with Crippen molar-refractivity contribution in [1.82, 2.24) is 19.5 Å². The first-order valence-corrected chi connectivity index (χ1v) is 12.0. The molecule has 34 heavy (non-hydrogen) atoms. The average Bonchev–Trinajstić information content (AvgIpc) is 3.24. The van der Waals surface area contributed by atoms with Gasteiger partial charge in [-0.2, -0.15) is 9.61 Å². The predicted molar refractivity (Wildman–Crippen MR) is 139 cm³/mol. The van der Waals surface area contributed by atoms with Gasteiger partial charge in [-0.3, -0.25) is 4.79 Å². The Kier molecular flexibility index (Phi) is 7.17. The Balaban J connectivity index is 1.62. The van der Waals surface area contributed by atoms with E-state index in [0.29, 0.717) is 23.7 Å². The third-order valence-electron chi connectivity index (χ3n) is 6.49. The molecule has 2 aromatic heterocycles. The zero-order chi connectivity index (χ0) is 24.2. The van der Waals surface area contributed by atoms with Gasteiger partial charge in [0.25, 0.3) is 0 Å². The molecule has 2 heterocycles.